The van der Waals surface area contributed by atoms with Crippen molar-refractivity contribution in [2.24, 2.45) is 5.41 Å². The molecule has 0 saturated heterocycles. The Hall–Kier alpha value is -1.98. The second-order valence-electron chi connectivity index (χ2n) is 4.76. The van der Waals surface area contributed by atoms with Gasteiger partial charge in [0.05, 0.1) is 31.2 Å². The molecule has 0 bridgehead atoms. The van der Waals surface area contributed by atoms with Crippen molar-refractivity contribution in [2.75, 3.05) is 13.2 Å². The van der Waals surface area contributed by atoms with Crippen molar-refractivity contribution < 1.29 is 29.3 Å². The van der Waals surface area contributed by atoms with Crippen LogP contribution in [0, 0.1) is 5.41 Å². The number of ether oxygens (including phenoxy) is 2. The van der Waals surface area contributed by atoms with Crippen LogP contribution in [0.5, 0.6) is 0 Å². The van der Waals surface area contributed by atoms with Gasteiger partial charge in [0.15, 0.2) is 0 Å². The summed E-state index contributed by atoms with van der Waals surface area (Å²) in [6.07, 6.45) is 4.60. The van der Waals surface area contributed by atoms with Crippen molar-refractivity contribution in [1.82, 2.24) is 0 Å². The van der Waals surface area contributed by atoms with Gasteiger partial charge in [-0.3, -0.25) is 9.59 Å². The van der Waals surface area contributed by atoms with Crippen LogP contribution < -0.4 is 0 Å². The normalized spacial score (nSPS) is 10.7. The molecule has 6 nitrogen and oxygen atoms in total. The van der Waals surface area contributed by atoms with Crippen LogP contribution in [0.2, 0.25) is 0 Å². The van der Waals surface area contributed by atoms with Gasteiger partial charge in [-0.25, -0.2) is 0 Å². The highest BCUT2D eigenvalue weighted by atomic mass is 16.5. The van der Waals surface area contributed by atoms with E-state index in [-0.39, 0.29) is 19.6 Å². The first-order valence-corrected chi connectivity index (χ1v) is 6.88. The Bertz CT molecular complexity index is 336. The van der Waals surface area contributed by atoms with E-state index in [0.717, 1.165) is 0 Å². The van der Waals surface area contributed by atoms with Crippen molar-refractivity contribution in [3.8, 4) is 0 Å². The van der Waals surface area contributed by atoms with E-state index in [9.17, 15) is 14.7 Å². The maximum atomic E-state index is 11.7. The zero-order chi connectivity index (χ0) is 16.1. The van der Waals surface area contributed by atoms with Gasteiger partial charge >= 0.3 is 11.9 Å². The first-order valence-electron chi connectivity index (χ1n) is 6.88. The molecule has 0 aliphatic rings. The molecule has 0 aliphatic carbocycles. The van der Waals surface area contributed by atoms with Gasteiger partial charge in [-0.1, -0.05) is 19.6 Å². The molecule has 0 fully saturated rings. The summed E-state index contributed by atoms with van der Waals surface area (Å²) in [7, 11) is 0. The second-order valence-corrected chi connectivity index (χ2v) is 4.76. The number of carboxylic acid groups (broad SMARTS) is 2. The maximum absolute atomic E-state index is 11.7. The van der Waals surface area contributed by atoms with Crippen LogP contribution in [-0.4, -0.2) is 35.4 Å². The van der Waals surface area contributed by atoms with E-state index in [1.54, 1.807) is 0 Å². The van der Waals surface area contributed by atoms with Crippen molar-refractivity contribution in [3.63, 3.8) is 0 Å². The predicted octanol–water partition coefficient (Wildman–Crippen LogP) is 2.80. The quantitative estimate of drug-likeness (QED) is 0.378. The number of unbranched alkanes of at least 4 members (excludes halogenated alkanes) is 1. The minimum Gasteiger partial charge on any atom is -0.502 e. The number of rotatable bonds is 14. The lowest BCUT2D eigenvalue weighted by Gasteiger charge is -2.29. The molecule has 0 rings (SSSR count). The zero-order valence-electron chi connectivity index (χ0n) is 12.3. The standard InChI is InChI=1S/C15H24O6/c1-3-20-11-9-15(14(18)19,10-12-21-4-2)8-6-5-7-13(16)17/h3-4H,1-2,5-12H2,(H,16,17)(H,18,19). The molecule has 0 atom stereocenters. The molecule has 0 saturated carbocycles. The highest BCUT2D eigenvalue weighted by molar-refractivity contribution is 5.74. The molecule has 0 radical (unpaired) electrons. The lowest BCUT2D eigenvalue weighted by molar-refractivity contribution is -0.151. The third-order valence-corrected chi connectivity index (χ3v) is 3.38. The molecule has 0 aliphatic heterocycles. The summed E-state index contributed by atoms with van der Waals surface area (Å²) in [5.41, 5.74) is -0.982. The lowest BCUT2D eigenvalue weighted by Crippen LogP contribution is -2.33. The van der Waals surface area contributed by atoms with E-state index in [1.807, 2.05) is 0 Å². The first-order chi connectivity index (χ1) is 9.98. The monoisotopic (exact) mass is 300 g/mol. The van der Waals surface area contributed by atoms with Gasteiger partial charge in [-0.15, -0.1) is 0 Å². The molecular weight excluding hydrogens is 276 g/mol. The Kier molecular flexibility index (Phi) is 9.75. The topological polar surface area (TPSA) is 93.1 Å². The summed E-state index contributed by atoms with van der Waals surface area (Å²) >= 11 is 0. The van der Waals surface area contributed by atoms with E-state index in [2.05, 4.69) is 13.2 Å². The summed E-state index contributed by atoms with van der Waals surface area (Å²) in [4.78, 5) is 22.2. The fourth-order valence-electron chi connectivity index (χ4n) is 2.11. The summed E-state index contributed by atoms with van der Waals surface area (Å²) in [5.74, 6) is -1.79. The Morgan fingerprint density at radius 1 is 0.952 bits per heavy atom. The number of aliphatic carboxylic acids is 2. The highest BCUT2D eigenvalue weighted by Crippen LogP contribution is 2.34. The SMILES string of the molecule is C=COCCC(CCCCC(=O)O)(CCOC=C)C(=O)O. The van der Waals surface area contributed by atoms with Crippen LogP contribution >= 0.6 is 0 Å². The molecule has 0 spiro atoms. The molecule has 0 aromatic carbocycles. The molecule has 0 aromatic rings. The van der Waals surface area contributed by atoms with Gasteiger partial charge in [0.2, 0.25) is 0 Å². The van der Waals surface area contributed by atoms with E-state index >= 15 is 0 Å². The number of carboxylic acids is 2. The summed E-state index contributed by atoms with van der Waals surface area (Å²) in [5, 5.41) is 18.2. The van der Waals surface area contributed by atoms with Gasteiger partial charge in [0.25, 0.3) is 0 Å². The summed E-state index contributed by atoms with van der Waals surface area (Å²) in [6.45, 7) is 7.35. The molecule has 6 heteroatoms. The van der Waals surface area contributed by atoms with Crippen molar-refractivity contribution in [3.05, 3.63) is 25.7 Å². The Balaban J connectivity index is 4.63. The molecule has 21 heavy (non-hydrogen) atoms. The maximum Gasteiger partial charge on any atom is 0.309 e. The number of carbonyl (C=O) groups is 2. The van der Waals surface area contributed by atoms with Gasteiger partial charge in [0.1, 0.15) is 0 Å². The average Bonchev–Trinajstić information content (AvgIpc) is 2.43. The largest absolute Gasteiger partial charge is 0.502 e. The summed E-state index contributed by atoms with van der Waals surface area (Å²) < 4.78 is 10.1. The fourth-order valence-corrected chi connectivity index (χ4v) is 2.11. The van der Waals surface area contributed by atoms with Crippen LogP contribution in [0.1, 0.15) is 38.5 Å². The third-order valence-electron chi connectivity index (χ3n) is 3.38. The minimum absolute atomic E-state index is 0.0437. The number of hydrogen-bond donors (Lipinski definition) is 2. The van der Waals surface area contributed by atoms with Crippen LogP contribution in [0.4, 0.5) is 0 Å². The van der Waals surface area contributed by atoms with Gasteiger partial charge in [-0.2, -0.15) is 0 Å². The van der Waals surface area contributed by atoms with Gasteiger partial charge in [-0.05, 0) is 25.7 Å². The molecule has 0 amide bonds. The molecule has 0 aromatic heterocycles. The Morgan fingerprint density at radius 3 is 1.86 bits per heavy atom. The predicted molar refractivity (Wildman–Crippen MR) is 77.7 cm³/mol. The van der Waals surface area contributed by atoms with Crippen LogP contribution in [0.25, 0.3) is 0 Å². The van der Waals surface area contributed by atoms with E-state index in [4.69, 9.17) is 14.6 Å². The molecular formula is C15H24O6. The molecule has 2 N–H and O–H groups in total. The highest BCUT2D eigenvalue weighted by Gasteiger charge is 2.37. The summed E-state index contributed by atoms with van der Waals surface area (Å²) in [6, 6.07) is 0. The van der Waals surface area contributed by atoms with Crippen LogP contribution in [0.15, 0.2) is 25.7 Å². The van der Waals surface area contributed by atoms with Crippen molar-refractivity contribution in [2.45, 2.75) is 38.5 Å². The zero-order valence-corrected chi connectivity index (χ0v) is 12.3. The van der Waals surface area contributed by atoms with Crippen molar-refractivity contribution in [1.29, 1.82) is 0 Å². The molecule has 120 valence electrons. The third kappa shape index (κ3) is 8.02. The van der Waals surface area contributed by atoms with Crippen molar-refractivity contribution >= 4 is 11.9 Å². The molecule has 0 unspecified atom stereocenters. The van der Waals surface area contributed by atoms with Gasteiger partial charge < -0.3 is 19.7 Å². The van der Waals surface area contributed by atoms with Crippen LogP contribution in [-0.2, 0) is 19.1 Å². The lowest BCUT2D eigenvalue weighted by atomic mass is 9.77. The fraction of sp³-hybridized carbons (Fsp3) is 0.600. The van der Waals surface area contributed by atoms with Crippen LogP contribution in [0.3, 0.4) is 0 Å². The Labute approximate surface area is 125 Å². The van der Waals surface area contributed by atoms with E-state index < -0.39 is 17.4 Å². The smallest absolute Gasteiger partial charge is 0.309 e. The van der Waals surface area contributed by atoms with E-state index in [1.165, 1.54) is 12.5 Å². The van der Waals surface area contributed by atoms with E-state index in [0.29, 0.717) is 32.1 Å². The second kappa shape index (κ2) is 10.8. The first kappa shape index (κ1) is 19.0. The Morgan fingerprint density at radius 2 is 1.48 bits per heavy atom. The average molecular weight is 300 g/mol. The molecule has 0 heterocycles. The number of hydrogen-bond acceptors (Lipinski definition) is 4. The minimum atomic E-state index is -0.982. The van der Waals surface area contributed by atoms with Gasteiger partial charge in [0, 0.05) is 6.42 Å².